The standard InChI is InChI=1S/C18H21NO2/c1-4-11-21-18-13(3)6-5-12(2)16(18)17(20)14-7-9-15(19)10-8-14/h5-10H,4,11,19H2,1-3H3. The zero-order valence-electron chi connectivity index (χ0n) is 12.8. The van der Waals surface area contributed by atoms with Gasteiger partial charge in [0, 0.05) is 11.3 Å². The van der Waals surface area contributed by atoms with Crippen molar-refractivity contribution in [3.63, 3.8) is 0 Å². The van der Waals surface area contributed by atoms with Crippen molar-refractivity contribution >= 4 is 11.5 Å². The molecule has 0 fully saturated rings. The molecule has 0 saturated carbocycles. The van der Waals surface area contributed by atoms with Gasteiger partial charge in [0.15, 0.2) is 5.78 Å². The third-order valence-corrected chi connectivity index (χ3v) is 3.41. The quantitative estimate of drug-likeness (QED) is 0.668. The van der Waals surface area contributed by atoms with Crippen LogP contribution in [0.25, 0.3) is 0 Å². The Morgan fingerprint density at radius 1 is 1.05 bits per heavy atom. The van der Waals surface area contributed by atoms with Crippen molar-refractivity contribution < 1.29 is 9.53 Å². The number of anilines is 1. The fraction of sp³-hybridized carbons (Fsp3) is 0.278. The zero-order valence-corrected chi connectivity index (χ0v) is 12.8. The molecule has 2 aromatic carbocycles. The first kappa shape index (κ1) is 15.1. The summed E-state index contributed by atoms with van der Waals surface area (Å²) in [4.78, 5) is 12.8. The Morgan fingerprint density at radius 2 is 1.67 bits per heavy atom. The summed E-state index contributed by atoms with van der Waals surface area (Å²) in [6.07, 6.45) is 0.906. The van der Waals surface area contributed by atoms with Gasteiger partial charge in [-0.2, -0.15) is 0 Å². The lowest BCUT2D eigenvalue weighted by Crippen LogP contribution is -2.09. The highest BCUT2D eigenvalue weighted by Crippen LogP contribution is 2.29. The molecule has 0 spiro atoms. The number of aryl methyl sites for hydroxylation is 2. The van der Waals surface area contributed by atoms with Gasteiger partial charge < -0.3 is 10.5 Å². The highest BCUT2D eigenvalue weighted by atomic mass is 16.5. The van der Waals surface area contributed by atoms with Crippen LogP contribution in [-0.4, -0.2) is 12.4 Å². The third-order valence-electron chi connectivity index (χ3n) is 3.41. The van der Waals surface area contributed by atoms with Crippen LogP contribution in [0, 0.1) is 13.8 Å². The van der Waals surface area contributed by atoms with E-state index in [4.69, 9.17) is 10.5 Å². The Kier molecular flexibility index (Phi) is 4.63. The Labute approximate surface area is 125 Å². The summed E-state index contributed by atoms with van der Waals surface area (Å²) in [5.41, 5.74) is 9.50. The minimum Gasteiger partial charge on any atom is -0.493 e. The van der Waals surface area contributed by atoms with E-state index in [0.29, 0.717) is 29.2 Å². The Bertz CT molecular complexity index is 645. The minimum absolute atomic E-state index is 0.0256. The first-order valence-electron chi connectivity index (χ1n) is 7.17. The number of carbonyl (C=O) groups excluding carboxylic acids is 1. The summed E-state index contributed by atoms with van der Waals surface area (Å²) in [6.45, 7) is 6.55. The number of ketones is 1. The maximum Gasteiger partial charge on any atom is 0.197 e. The second kappa shape index (κ2) is 6.44. The number of ether oxygens (including phenoxy) is 1. The Balaban J connectivity index is 2.48. The van der Waals surface area contributed by atoms with E-state index < -0.39 is 0 Å². The molecule has 0 aliphatic rings. The molecule has 0 heterocycles. The number of carbonyl (C=O) groups is 1. The van der Waals surface area contributed by atoms with Crippen molar-refractivity contribution in [2.45, 2.75) is 27.2 Å². The lowest BCUT2D eigenvalue weighted by molar-refractivity contribution is 0.103. The van der Waals surface area contributed by atoms with Crippen molar-refractivity contribution in [2.75, 3.05) is 12.3 Å². The lowest BCUT2D eigenvalue weighted by atomic mass is 9.95. The van der Waals surface area contributed by atoms with Crippen LogP contribution in [0.4, 0.5) is 5.69 Å². The largest absolute Gasteiger partial charge is 0.493 e. The number of rotatable bonds is 5. The molecule has 110 valence electrons. The van der Waals surface area contributed by atoms with Crippen molar-refractivity contribution in [2.24, 2.45) is 0 Å². The molecule has 0 unspecified atom stereocenters. The van der Waals surface area contributed by atoms with Gasteiger partial charge in [-0.3, -0.25) is 4.79 Å². The average molecular weight is 283 g/mol. The summed E-state index contributed by atoms with van der Waals surface area (Å²) in [5.74, 6) is 0.668. The van der Waals surface area contributed by atoms with Gasteiger partial charge in [0.1, 0.15) is 5.75 Å². The molecule has 0 saturated heterocycles. The van der Waals surface area contributed by atoms with Crippen molar-refractivity contribution in [3.8, 4) is 5.75 Å². The summed E-state index contributed by atoms with van der Waals surface area (Å²) >= 11 is 0. The topological polar surface area (TPSA) is 52.3 Å². The van der Waals surface area contributed by atoms with Gasteiger partial charge in [0.2, 0.25) is 0 Å². The lowest BCUT2D eigenvalue weighted by Gasteiger charge is -2.15. The van der Waals surface area contributed by atoms with Crippen molar-refractivity contribution in [1.82, 2.24) is 0 Å². The van der Waals surface area contributed by atoms with E-state index in [1.807, 2.05) is 32.9 Å². The first-order chi connectivity index (χ1) is 10.0. The maximum atomic E-state index is 12.8. The van der Waals surface area contributed by atoms with E-state index in [1.165, 1.54) is 0 Å². The highest BCUT2D eigenvalue weighted by Gasteiger charge is 2.19. The van der Waals surface area contributed by atoms with Gasteiger partial charge in [-0.05, 0) is 55.7 Å². The van der Waals surface area contributed by atoms with Crippen molar-refractivity contribution in [1.29, 1.82) is 0 Å². The van der Waals surface area contributed by atoms with Crippen LogP contribution in [-0.2, 0) is 0 Å². The molecular weight excluding hydrogens is 262 g/mol. The molecule has 3 heteroatoms. The summed E-state index contributed by atoms with van der Waals surface area (Å²) in [7, 11) is 0. The van der Waals surface area contributed by atoms with Crippen molar-refractivity contribution in [3.05, 3.63) is 58.7 Å². The molecule has 0 aromatic heterocycles. The number of nitrogen functional groups attached to an aromatic ring is 1. The zero-order chi connectivity index (χ0) is 15.4. The van der Waals surface area contributed by atoms with Crippen LogP contribution < -0.4 is 10.5 Å². The first-order valence-corrected chi connectivity index (χ1v) is 7.17. The van der Waals surface area contributed by atoms with Gasteiger partial charge in [-0.1, -0.05) is 19.1 Å². The molecule has 21 heavy (non-hydrogen) atoms. The Morgan fingerprint density at radius 3 is 2.29 bits per heavy atom. The molecule has 0 atom stereocenters. The third kappa shape index (κ3) is 3.24. The van der Waals surface area contributed by atoms with E-state index >= 15 is 0 Å². The second-order valence-corrected chi connectivity index (χ2v) is 5.20. The van der Waals surface area contributed by atoms with Gasteiger partial charge in [-0.15, -0.1) is 0 Å². The molecule has 2 rings (SSSR count). The van der Waals surface area contributed by atoms with E-state index in [0.717, 1.165) is 17.5 Å². The van der Waals surface area contributed by atoms with Gasteiger partial charge in [-0.25, -0.2) is 0 Å². The minimum atomic E-state index is -0.0256. The van der Waals surface area contributed by atoms with Crippen LogP contribution in [0.1, 0.15) is 40.4 Å². The van der Waals surface area contributed by atoms with E-state index in [2.05, 4.69) is 0 Å². The number of benzene rings is 2. The summed E-state index contributed by atoms with van der Waals surface area (Å²) in [6, 6.07) is 10.9. The molecule has 2 N–H and O–H groups in total. The molecule has 0 radical (unpaired) electrons. The van der Waals surface area contributed by atoms with E-state index in [1.54, 1.807) is 24.3 Å². The van der Waals surface area contributed by atoms with Gasteiger partial charge >= 0.3 is 0 Å². The van der Waals surface area contributed by atoms with Gasteiger partial charge in [0.25, 0.3) is 0 Å². The van der Waals surface area contributed by atoms with Crippen LogP contribution in [0.5, 0.6) is 5.75 Å². The predicted octanol–water partition coefficient (Wildman–Crippen LogP) is 3.91. The summed E-state index contributed by atoms with van der Waals surface area (Å²) < 4.78 is 5.82. The van der Waals surface area contributed by atoms with Crippen LogP contribution in [0.2, 0.25) is 0 Å². The maximum absolute atomic E-state index is 12.8. The Hall–Kier alpha value is -2.29. The fourth-order valence-corrected chi connectivity index (χ4v) is 2.24. The average Bonchev–Trinajstić information content (AvgIpc) is 2.48. The highest BCUT2D eigenvalue weighted by molar-refractivity contribution is 6.12. The fourth-order valence-electron chi connectivity index (χ4n) is 2.24. The molecule has 0 bridgehead atoms. The SMILES string of the molecule is CCCOc1c(C)ccc(C)c1C(=O)c1ccc(N)cc1. The van der Waals surface area contributed by atoms with Gasteiger partial charge in [0.05, 0.1) is 12.2 Å². The van der Waals surface area contributed by atoms with Crippen LogP contribution in [0.15, 0.2) is 36.4 Å². The molecule has 2 aromatic rings. The molecule has 0 aliphatic heterocycles. The number of hydrogen-bond acceptors (Lipinski definition) is 3. The summed E-state index contributed by atoms with van der Waals surface area (Å²) in [5, 5.41) is 0. The molecule has 3 nitrogen and oxygen atoms in total. The molecule has 0 amide bonds. The van der Waals surface area contributed by atoms with E-state index in [9.17, 15) is 4.79 Å². The van der Waals surface area contributed by atoms with E-state index in [-0.39, 0.29) is 5.78 Å². The second-order valence-electron chi connectivity index (χ2n) is 5.20. The van der Waals surface area contributed by atoms with Crippen LogP contribution >= 0.6 is 0 Å². The number of nitrogens with two attached hydrogens (primary N) is 1. The molecular formula is C18H21NO2. The molecule has 0 aliphatic carbocycles. The smallest absolute Gasteiger partial charge is 0.197 e. The number of hydrogen-bond donors (Lipinski definition) is 1. The van der Waals surface area contributed by atoms with Crippen LogP contribution in [0.3, 0.4) is 0 Å². The normalized spacial score (nSPS) is 10.4. The predicted molar refractivity (Wildman–Crippen MR) is 86.0 cm³/mol. The monoisotopic (exact) mass is 283 g/mol.